The summed E-state index contributed by atoms with van der Waals surface area (Å²) in [5.74, 6) is -0.445. The van der Waals surface area contributed by atoms with E-state index in [2.05, 4.69) is 5.32 Å². The molecule has 3 aromatic carbocycles. The Morgan fingerprint density at radius 2 is 1.54 bits per heavy atom. The molecule has 1 heterocycles. The molecule has 0 unspecified atom stereocenters. The van der Waals surface area contributed by atoms with E-state index < -0.39 is 0 Å². The molecule has 1 aromatic heterocycles. The smallest absolute Gasteiger partial charge is 0.255 e. The number of amides is 2. The molecule has 0 aliphatic rings. The predicted molar refractivity (Wildman–Crippen MR) is 140 cm³/mol. The van der Waals surface area contributed by atoms with E-state index in [1.54, 1.807) is 50.4 Å². The Bertz CT molecular complexity index is 1390. The van der Waals surface area contributed by atoms with E-state index in [-0.39, 0.29) is 17.6 Å². The maximum Gasteiger partial charge on any atom is 0.255 e. The van der Waals surface area contributed by atoms with Crippen LogP contribution in [0.4, 0.5) is 4.39 Å². The van der Waals surface area contributed by atoms with Gasteiger partial charge in [0.25, 0.3) is 11.8 Å². The molecular formula is C29H29FN2O5. The lowest BCUT2D eigenvalue weighted by atomic mass is 9.98. The third kappa shape index (κ3) is 5.71. The molecule has 0 radical (unpaired) electrons. The second kappa shape index (κ2) is 11.8. The number of fused-ring (bicyclic) bond motifs is 1. The van der Waals surface area contributed by atoms with Gasteiger partial charge in [0.05, 0.1) is 18.8 Å². The fourth-order valence-corrected chi connectivity index (χ4v) is 4.16. The van der Waals surface area contributed by atoms with Crippen molar-refractivity contribution in [3.05, 3.63) is 83.7 Å². The summed E-state index contributed by atoms with van der Waals surface area (Å²) in [7, 11) is 4.74. The van der Waals surface area contributed by atoms with Gasteiger partial charge in [-0.05, 0) is 59.7 Å². The average Bonchev–Trinajstić information content (AvgIpc) is 3.31. The van der Waals surface area contributed by atoms with Crippen molar-refractivity contribution >= 4 is 22.8 Å². The lowest BCUT2D eigenvalue weighted by molar-refractivity contribution is 0.0627. The Labute approximate surface area is 214 Å². The Balaban J connectivity index is 1.74. The van der Waals surface area contributed by atoms with Crippen LogP contribution < -0.4 is 5.32 Å². The summed E-state index contributed by atoms with van der Waals surface area (Å²) in [6, 6.07) is 18.7. The highest BCUT2D eigenvalue weighted by molar-refractivity contribution is 6.11. The van der Waals surface area contributed by atoms with E-state index in [0.717, 1.165) is 11.1 Å². The van der Waals surface area contributed by atoms with Gasteiger partial charge in [0.1, 0.15) is 17.2 Å². The van der Waals surface area contributed by atoms with Gasteiger partial charge >= 0.3 is 0 Å². The summed E-state index contributed by atoms with van der Waals surface area (Å²) < 4.78 is 29.8. The standard InChI is InChI=1S/C29H29FN2O5/c1-31-28(33)26-24-18-21(9-12-25(24)37-27(26)19-7-10-23(30)11-8-19)20-5-4-6-22(17-20)29(34)32(13-15-35-2)14-16-36-3/h4-12,17-18H,13-16H2,1-3H3,(H,31,33). The largest absolute Gasteiger partial charge is 0.455 e. The number of halogens is 1. The lowest BCUT2D eigenvalue weighted by Gasteiger charge is -2.22. The molecule has 0 aliphatic carbocycles. The number of hydrogen-bond acceptors (Lipinski definition) is 5. The Kier molecular flexibility index (Phi) is 8.32. The van der Waals surface area contributed by atoms with Crippen molar-refractivity contribution < 1.29 is 27.9 Å². The van der Waals surface area contributed by atoms with Gasteiger partial charge in [0.15, 0.2) is 0 Å². The highest BCUT2D eigenvalue weighted by Gasteiger charge is 2.22. The van der Waals surface area contributed by atoms with Crippen LogP contribution in [0.1, 0.15) is 20.7 Å². The molecule has 0 aliphatic heterocycles. The normalized spacial score (nSPS) is 11.0. The van der Waals surface area contributed by atoms with Crippen molar-refractivity contribution in [1.82, 2.24) is 10.2 Å². The van der Waals surface area contributed by atoms with Gasteiger partial charge in [-0.15, -0.1) is 0 Å². The maximum absolute atomic E-state index is 13.5. The van der Waals surface area contributed by atoms with E-state index in [0.29, 0.717) is 59.7 Å². The third-order valence-corrected chi connectivity index (χ3v) is 6.11. The van der Waals surface area contributed by atoms with Gasteiger partial charge in [-0.3, -0.25) is 9.59 Å². The minimum atomic E-state index is -0.374. The van der Waals surface area contributed by atoms with Crippen LogP contribution in [0.3, 0.4) is 0 Å². The molecule has 0 bridgehead atoms. The van der Waals surface area contributed by atoms with Gasteiger partial charge in [0, 0.05) is 50.9 Å². The molecule has 0 saturated heterocycles. The number of carbonyl (C=O) groups is 2. The summed E-state index contributed by atoms with van der Waals surface area (Å²) >= 11 is 0. The Hall–Kier alpha value is -4.01. The number of furan rings is 1. The summed E-state index contributed by atoms with van der Waals surface area (Å²) in [6.45, 7) is 1.74. The molecular weight excluding hydrogens is 475 g/mol. The molecule has 192 valence electrons. The second-order valence-corrected chi connectivity index (χ2v) is 8.46. The molecule has 0 atom stereocenters. The first-order valence-corrected chi connectivity index (χ1v) is 11.9. The molecule has 8 heteroatoms. The van der Waals surface area contributed by atoms with Crippen LogP contribution in [0.25, 0.3) is 33.4 Å². The van der Waals surface area contributed by atoms with Crippen molar-refractivity contribution in [2.24, 2.45) is 0 Å². The number of hydrogen-bond donors (Lipinski definition) is 1. The fourth-order valence-electron chi connectivity index (χ4n) is 4.16. The molecule has 0 fully saturated rings. The predicted octanol–water partition coefficient (Wildman–Crippen LogP) is 5.00. The van der Waals surface area contributed by atoms with Crippen molar-refractivity contribution in [2.45, 2.75) is 0 Å². The highest BCUT2D eigenvalue weighted by atomic mass is 19.1. The topological polar surface area (TPSA) is 81.0 Å². The van der Waals surface area contributed by atoms with Crippen LogP contribution in [-0.2, 0) is 9.47 Å². The monoisotopic (exact) mass is 504 g/mol. The van der Waals surface area contributed by atoms with Crippen molar-refractivity contribution in [2.75, 3.05) is 47.6 Å². The summed E-state index contributed by atoms with van der Waals surface area (Å²) in [5.41, 5.74) is 3.66. The van der Waals surface area contributed by atoms with Crippen LogP contribution in [0.15, 0.2) is 71.1 Å². The van der Waals surface area contributed by atoms with Crippen LogP contribution >= 0.6 is 0 Å². The molecule has 1 N–H and O–H groups in total. The highest BCUT2D eigenvalue weighted by Crippen LogP contribution is 2.36. The SMILES string of the molecule is CNC(=O)c1c(-c2ccc(F)cc2)oc2ccc(-c3cccc(C(=O)N(CCOC)CCOC)c3)cc12. The second-order valence-electron chi connectivity index (χ2n) is 8.46. The molecule has 7 nitrogen and oxygen atoms in total. The van der Waals surface area contributed by atoms with Crippen molar-refractivity contribution in [1.29, 1.82) is 0 Å². The molecule has 0 saturated carbocycles. The van der Waals surface area contributed by atoms with E-state index in [4.69, 9.17) is 13.9 Å². The molecule has 4 aromatic rings. The van der Waals surface area contributed by atoms with Gasteiger partial charge < -0.3 is 24.1 Å². The number of nitrogens with zero attached hydrogens (tertiary/aromatic N) is 1. The van der Waals surface area contributed by atoms with E-state index in [9.17, 15) is 14.0 Å². The molecule has 0 spiro atoms. The van der Waals surface area contributed by atoms with E-state index in [1.165, 1.54) is 12.1 Å². The van der Waals surface area contributed by atoms with Gasteiger partial charge in [-0.25, -0.2) is 4.39 Å². The first kappa shape index (κ1) is 26.1. The van der Waals surface area contributed by atoms with Gasteiger partial charge in [-0.2, -0.15) is 0 Å². The minimum absolute atomic E-state index is 0.120. The fraction of sp³-hybridized carbons (Fsp3) is 0.241. The first-order chi connectivity index (χ1) is 18.0. The van der Waals surface area contributed by atoms with Gasteiger partial charge in [-0.1, -0.05) is 18.2 Å². The number of methoxy groups -OCH3 is 2. The molecule has 37 heavy (non-hydrogen) atoms. The van der Waals surface area contributed by atoms with Crippen molar-refractivity contribution in [3.8, 4) is 22.5 Å². The summed E-state index contributed by atoms with van der Waals surface area (Å²) in [6.07, 6.45) is 0. The van der Waals surface area contributed by atoms with Crippen molar-refractivity contribution in [3.63, 3.8) is 0 Å². The van der Waals surface area contributed by atoms with Gasteiger partial charge in [0.2, 0.25) is 0 Å². The molecule has 4 rings (SSSR count). The zero-order chi connectivity index (χ0) is 26.4. The third-order valence-electron chi connectivity index (χ3n) is 6.11. The zero-order valence-electron chi connectivity index (χ0n) is 21.0. The van der Waals surface area contributed by atoms with Crippen LogP contribution in [0, 0.1) is 5.82 Å². The van der Waals surface area contributed by atoms with Crippen LogP contribution in [0.5, 0.6) is 0 Å². The number of ether oxygens (including phenoxy) is 2. The number of carbonyl (C=O) groups excluding carboxylic acids is 2. The zero-order valence-corrected chi connectivity index (χ0v) is 21.0. The number of benzene rings is 3. The van der Waals surface area contributed by atoms with Crippen LogP contribution in [0.2, 0.25) is 0 Å². The quantitative estimate of drug-likeness (QED) is 0.329. The minimum Gasteiger partial charge on any atom is -0.455 e. The average molecular weight is 505 g/mol. The molecule has 2 amide bonds. The van der Waals surface area contributed by atoms with E-state index in [1.807, 2.05) is 30.3 Å². The van der Waals surface area contributed by atoms with Crippen LogP contribution in [-0.4, -0.2) is 64.3 Å². The summed E-state index contributed by atoms with van der Waals surface area (Å²) in [4.78, 5) is 27.8. The number of rotatable bonds is 10. The lowest BCUT2D eigenvalue weighted by Crippen LogP contribution is -2.36. The van der Waals surface area contributed by atoms with E-state index >= 15 is 0 Å². The Morgan fingerprint density at radius 3 is 2.19 bits per heavy atom. The number of nitrogens with one attached hydrogen (secondary N) is 1. The Morgan fingerprint density at radius 1 is 0.892 bits per heavy atom. The summed E-state index contributed by atoms with van der Waals surface area (Å²) in [5, 5.41) is 3.29. The first-order valence-electron chi connectivity index (χ1n) is 11.9. The maximum atomic E-state index is 13.5.